The molecule has 0 saturated heterocycles. The molecule has 0 unspecified atom stereocenters. The number of nitrogens with zero attached hydrogens (tertiary/aromatic N) is 2. The topological polar surface area (TPSA) is 78.9 Å². The zero-order chi connectivity index (χ0) is 22.7. The highest BCUT2D eigenvalue weighted by Crippen LogP contribution is 2.39. The molecule has 3 aromatic carbocycles. The standard InChI is InChI=1S/C24H14F3N3O2/c25-24(26,27)21-20(16-6-2-1-3-7-16)30-23(32-21)17-9-11-19(12-10-17)29-22(31)18-8-4-5-15(13-18)14-28/h1-13H,(H,29,31). The second-order valence-electron chi connectivity index (χ2n) is 6.78. The Labute approximate surface area is 180 Å². The number of benzene rings is 3. The van der Waals surface area contributed by atoms with E-state index in [1.165, 1.54) is 42.5 Å². The first-order valence-corrected chi connectivity index (χ1v) is 9.40. The number of oxazole rings is 1. The molecule has 0 aliphatic heterocycles. The van der Waals surface area contributed by atoms with Gasteiger partial charge in [-0.1, -0.05) is 36.4 Å². The first-order valence-electron chi connectivity index (χ1n) is 9.40. The van der Waals surface area contributed by atoms with Gasteiger partial charge in [-0.15, -0.1) is 0 Å². The fourth-order valence-electron chi connectivity index (χ4n) is 3.06. The molecule has 0 aliphatic carbocycles. The van der Waals surface area contributed by atoms with E-state index < -0.39 is 17.8 Å². The zero-order valence-electron chi connectivity index (χ0n) is 16.4. The van der Waals surface area contributed by atoms with E-state index in [-0.39, 0.29) is 11.6 Å². The quantitative estimate of drug-likeness (QED) is 0.419. The van der Waals surface area contributed by atoms with Crippen LogP contribution >= 0.6 is 0 Å². The van der Waals surface area contributed by atoms with Crippen LogP contribution in [0.25, 0.3) is 22.7 Å². The summed E-state index contributed by atoms with van der Waals surface area (Å²) in [5.74, 6) is -1.78. The van der Waals surface area contributed by atoms with Gasteiger partial charge in [0.05, 0.1) is 11.6 Å². The molecule has 1 heterocycles. The van der Waals surface area contributed by atoms with Crippen LogP contribution < -0.4 is 5.32 Å². The van der Waals surface area contributed by atoms with Crippen LogP contribution in [0.3, 0.4) is 0 Å². The van der Waals surface area contributed by atoms with E-state index in [1.807, 2.05) is 6.07 Å². The van der Waals surface area contributed by atoms with Gasteiger partial charge in [0.1, 0.15) is 5.69 Å². The molecule has 0 atom stereocenters. The molecule has 4 aromatic rings. The van der Waals surface area contributed by atoms with Gasteiger partial charge in [-0.05, 0) is 42.5 Å². The van der Waals surface area contributed by atoms with Gasteiger partial charge < -0.3 is 9.73 Å². The Morgan fingerprint density at radius 3 is 2.31 bits per heavy atom. The smallest absolute Gasteiger partial charge is 0.431 e. The summed E-state index contributed by atoms with van der Waals surface area (Å²) in [6.07, 6.45) is -4.71. The van der Waals surface area contributed by atoms with E-state index in [0.29, 0.717) is 27.9 Å². The van der Waals surface area contributed by atoms with Crippen molar-refractivity contribution in [1.82, 2.24) is 4.98 Å². The zero-order valence-corrected chi connectivity index (χ0v) is 16.4. The van der Waals surface area contributed by atoms with Crippen LogP contribution in [0.5, 0.6) is 0 Å². The van der Waals surface area contributed by atoms with Crippen molar-refractivity contribution in [1.29, 1.82) is 5.26 Å². The molecule has 0 spiro atoms. The molecule has 0 radical (unpaired) electrons. The summed E-state index contributed by atoms with van der Waals surface area (Å²) in [6.45, 7) is 0. The minimum atomic E-state index is -4.71. The Hall–Kier alpha value is -4.38. The number of aromatic nitrogens is 1. The summed E-state index contributed by atoms with van der Waals surface area (Å²) >= 11 is 0. The van der Waals surface area contributed by atoms with E-state index in [9.17, 15) is 18.0 Å². The Kier molecular flexibility index (Phi) is 5.48. The number of nitrogens with one attached hydrogen (secondary N) is 1. The summed E-state index contributed by atoms with van der Waals surface area (Å²) in [5.41, 5.74) is 1.41. The third kappa shape index (κ3) is 4.37. The molecule has 4 rings (SSSR count). The maximum Gasteiger partial charge on any atom is 0.451 e. The second kappa shape index (κ2) is 8.40. The Morgan fingerprint density at radius 2 is 1.66 bits per heavy atom. The van der Waals surface area contributed by atoms with Crippen molar-refractivity contribution in [3.05, 3.63) is 95.7 Å². The molecule has 32 heavy (non-hydrogen) atoms. The number of alkyl halides is 3. The van der Waals surface area contributed by atoms with E-state index in [4.69, 9.17) is 9.68 Å². The van der Waals surface area contributed by atoms with Crippen molar-refractivity contribution >= 4 is 11.6 Å². The first-order chi connectivity index (χ1) is 15.3. The van der Waals surface area contributed by atoms with Crippen molar-refractivity contribution in [2.24, 2.45) is 0 Å². The molecule has 8 heteroatoms. The number of rotatable bonds is 4. The van der Waals surface area contributed by atoms with Crippen LogP contribution in [-0.2, 0) is 6.18 Å². The molecule has 0 bridgehead atoms. The van der Waals surface area contributed by atoms with Crippen LogP contribution in [0.1, 0.15) is 21.7 Å². The largest absolute Gasteiger partial charge is 0.451 e. The minimum absolute atomic E-state index is 0.184. The highest BCUT2D eigenvalue weighted by Gasteiger charge is 2.40. The SMILES string of the molecule is N#Cc1cccc(C(=O)Nc2ccc(-c3nc(-c4ccccc4)c(C(F)(F)F)o3)cc2)c1. The van der Waals surface area contributed by atoms with E-state index >= 15 is 0 Å². The van der Waals surface area contributed by atoms with Crippen molar-refractivity contribution in [3.63, 3.8) is 0 Å². The average molecular weight is 433 g/mol. The van der Waals surface area contributed by atoms with Crippen LogP contribution in [0.4, 0.5) is 18.9 Å². The number of nitriles is 1. The fraction of sp³-hybridized carbons (Fsp3) is 0.0417. The Balaban J connectivity index is 1.60. The molecule has 1 N–H and O–H groups in total. The molecule has 1 amide bonds. The monoisotopic (exact) mass is 433 g/mol. The lowest BCUT2D eigenvalue weighted by molar-refractivity contribution is -0.152. The summed E-state index contributed by atoms with van der Waals surface area (Å²) in [7, 11) is 0. The van der Waals surface area contributed by atoms with Crippen LogP contribution in [-0.4, -0.2) is 10.9 Å². The number of amides is 1. The Bertz CT molecular complexity index is 1310. The Morgan fingerprint density at radius 1 is 0.938 bits per heavy atom. The van der Waals surface area contributed by atoms with Crippen molar-refractivity contribution in [3.8, 4) is 28.8 Å². The summed E-state index contributed by atoms with van der Waals surface area (Å²) < 4.78 is 45.5. The van der Waals surface area contributed by atoms with Gasteiger partial charge >= 0.3 is 6.18 Å². The van der Waals surface area contributed by atoms with Gasteiger partial charge in [0.15, 0.2) is 0 Å². The minimum Gasteiger partial charge on any atom is -0.431 e. The van der Waals surface area contributed by atoms with Crippen LogP contribution in [0, 0.1) is 11.3 Å². The third-order valence-electron chi connectivity index (χ3n) is 4.58. The lowest BCUT2D eigenvalue weighted by Gasteiger charge is -2.06. The van der Waals surface area contributed by atoms with Crippen LogP contribution in [0.2, 0.25) is 0 Å². The number of carbonyl (C=O) groups is 1. The van der Waals surface area contributed by atoms with Crippen molar-refractivity contribution in [2.45, 2.75) is 6.18 Å². The van der Waals surface area contributed by atoms with E-state index in [0.717, 1.165) is 0 Å². The number of hydrogen-bond acceptors (Lipinski definition) is 4. The highest BCUT2D eigenvalue weighted by molar-refractivity contribution is 6.04. The third-order valence-corrected chi connectivity index (χ3v) is 4.58. The maximum atomic E-state index is 13.5. The van der Waals surface area contributed by atoms with Gasteiger partial charge in [-0.3, -0.25) is 4.79 Å². The predicted molar refractivity (Wildman–Crippen MR) is 111 cm³/mol. The molecule has 0 aliphatic rings. The maximum absolute atomic E-state index is 13.5. The predicted octanol–water partition coefficient (Wildman–Crippen LogP) is 6.15. The number of halogens is 3. The summed E-state index contributed by atoms with van der Waals surface area (Å²) in [4.78, 5) is 16.4. The number of carbonyl (C=O) groups excluding carboxylic acids is 1. The van der Waals surface area contributed by atoms with E-state index in [1.54, 1.807) is 36.4 Å². The van der Waals surface area contributed by atoms with Crippen molar-refractivity contribution in [2.75, 3.05) is 5.32 Å². The molecule has 0 saturated carbocycles. The molecule has 1 aromatic heterocycles. The molecular weight excluding hydrogens is 419 g/mol. The van der Waals surface area contributed by atoms with Gasteiger partial charge in [0.25, 0.3) is 5.91 Å². The second-order valence-corrected chi connectivity index (χ2v) is 6.78. The molecular formula is C24H14F3N3O2. The molecule has 158 valence electrons. The first kappa shape index (κ1) is 20.9. The van der Waals surface area contributed by atoms with Gasteiger partial charge in [0.2, 0.25) is 11.7 Å². The van der Waals surface area contributed by atoms with Gasteiger partial charge in [-0.25, -0.2) is 4.98 Å². The normalized spacial score (nSPS) is 11.1. The summed E-state index contributed by atoms with van der Waals surface area (Å²) in [6, 6.07) is 22.2. The van der Waals surface area contributed by atoms with Gasteiger partial charge in [-0.2, -0.15) is 18.4 Å². The van der Waals surface area contributed by atoms with E-state index in [2.05, 4.69) is 10.3 Å². The van der Waals surface area contributed by atoms with Gasteiger partial charge in [0, 0.05) is 22.4 Å². The number of anilines is 1. The average Bonchev–Trinajstić information content (AvgIpc) is 3.26. The lowest BCUT2D eigenvalue weighted by atomic mass is 10.1. The number of hydrogen-bond donors (Lipinski definition) is 1. The molecule has 5 nitrogen and oxygen atoms in total. The fourth-order valence-corrected chi connectivity index (χ4v) is 3.06. The lowest BCUT2D eigenvalue weighted by Crippen LogP contribution is -2.11. The van der Waals surface area contributed by atoms with Crippen molar-refractivity contribution < 1.29 is 22.4 Å². The molecule has 0 fully saturated rings. The van der Waals surface area contributed by atoms with Crippen LogP contribution in [0.15, 0.2) is 83.3 Å². The highest BCUT2D eigenvalue weighted by atomic mass is 19.4. The summed E-state index contributed by atoms with van der Waals surface area (Å²) in [5, 5.41) is 11.6.